The zero-order valence-electron chi connectivity index (χ0n) is 16.6. The molecule has 1 atom stereocenters. The minimum absolute atomic E-state index is 0. The van der Waals surface area contributed by atoms with E-state index in [-0.39, 0.29) is 35.9 Å². The molecule has 0 bridgehead atoms. The number of nitrogens with one attached hydrogen (secondary N) is 3. The van der Waals surface area contributed by atoms with E-state index in [1.807, 2.05) is 6.92 Å². The first-order valence-corrected chi connectivity index (χ1v) is 9.44. The molecule has 0 radical (unpaired) electrons. The van der Waals surface area contributed by atoms with Gasteiger partial charge >= 0.3 is 6.18 Å². The lowest BCUT2D eigenvalue weighted by molar-refractivity contribution is -0.143. The van der Waals surface area contributed by atoms with E-state index >= 15 is 0 Å². The molecule has 1 aliphatic heterocycles. The summed E-state index contributed by atoms with van der Waals surface area (Å²) in [6.07, 6.45) is -1.43. The SMILES string of the molecule is CCNC(=NCCCNC(=O)c1occc1C)NC1CCN(CC(F)(F)F)C1.I. The van der Waals surface area contributed by atoms with Gasteiger partial charge in [-0.1, -0.05) is 0 Å². The average molecular weight is 531 g/mol. The van der Waals surface area contributed by atoms with E-state index in [4.69, 9.17) is 4.42 Å². The number of halogens is 4. The summed E-state index contributed by atoms with van der Waals surface area (Å²) in [6, 6.07) is 1.66. The van der Waals surface area contributed by atoms with Crippen LogP contribution in [0.2, 0.25) is 0 Å². The van der Waals surface area contributed by atoms with Crippen molar-refractivity contribution in [2.45, 2.75) is 38.9 Å². The zero-order valence-corrected chi connectivity index (χ0v) is 19.0. The molecule has 29 heavy (non-hydrogen) atoms. The lowest BCUT2D eigenvalue weighted by atomic mass is 10.2. The number of nitrogens with zero attached hydrogens (tertiary/aromatic N) is 2. The van der Waals surface area contributed by atoms with E-state index < -0.39 is 12.7 Å². The largest absolute Gasteiger partial charge is 0.459 e. The van der Waals surface area contributed by atoms with Crippen molar-refractivity contribution in [1.29, 1.82) is 0 Å². The second-order valence-corrected chi connectivity index (χ2v) is 6.78. The van der Waals surface area contributed by atoms with E-state index in [0.717, 1.165) is 5.56 Å². The Morgan fingerprint density at radius 1 is 1.38 bits per heavy atom. The number of hydrogen-bond donors (Lipinski definition) is 3. The molecule has 3 N–H and O–H groups in total. The fraction of sp³-hybridized carbons (Fsp3) is 0.667. The predicted molar refractivity (Wildman–Crippen MR) is 116 cm³/mol. The van der Waals surface area contributed by atoms with Crippen molar-refractivity contribution in [1.82, 2.24) is 20.9 Å². The van der Waals surface area contributed by atoms with Crippen molar-refractivity contribution in [3.8, 4) is 0 Å². The Balaban J connectivity index is 0.00000420. The summed E-state index contributed by atoms with van der Waals surface area (Å²) in [5, 5.41) is 9.06. The summed E-state index contributed by atoms with van der Waals surface area (Å²) in [7, 11) is 0. The summed E-state index contributed by atoms with van der Waals surface area (Å²) in [6.45, 7) is 5.17. The van der Waals surface area contributed by atoms with Crippen molar-refractivity contribution in [2.75, 3.05) is 39.3 Å². The number of aliphatic imine (C=N–C) groups is 1. The summed E-state index contributed by atoms with van der Waals surface area (Å²) in [5.74, 6) is 0.630. The van der Waals surface area contributed by atoms with E-state index in [1.54, 1.807) is 13.0 Å². The predicted octanol–water partition coefficient (Wildman–Crippen LogP) is 2.52. The minimum Gasteiger partial charge on any atom is -0.459 e. The molecule has 1 aliphatic rings. The number of rotatable bonds is 8. The highest BCUT2D eigenvalue weighted by Gasteiger charge is 2.34. The van der Waals surface area contributed by atoms with E-state index in [2.05, 4.69) is 20.9 Å². The van der Waals surface area contributed by atoms with Gasteiger partial charge in [-0.2, -0.15) is 13.2 Å². The van der Waals surface area contributed by atoms with Gasteiger partial charge in [-0.05, 0) is 32.8 Å². The number of aryl methyl sites for hydroxylation is 1. The molecule has 7 nitrogen and oxygen atoms in total. The van der Waals surface area contributed by atoms with Crippen LogP contribution in [0.4, 0.5) is 13.2 Å². The Hall–Kier alpha value is -1.50. The number of guanidine groups is 1. The number of furan rings is 1. The second kappa shape index (κ2) is 12.3. The van der Waals surface area contributed by atoms with Crippen LogP contribution < -0.4 is 16.0 Å². The van der Waals surface area contributed by atoms with Gasteiger partial charge in [-0.3, -0.25) is 14.7 Å². The van der Waals surface area contributed by atoms with Gasteiger partial charge in [0.05, 0.1) is 12.8 Å². The smallest absolute Gasteiger partial charge is 0.401 e. The van der Waals surface area contributed by atoms with Crippen LogP contribution in [0.1, 0.15) is 35.9 Å². The molecule has 1 unspecified atom stereocenters. The maximum Gasteiger partial charge on any atom is 0.401 e. The molecule has 11 heteroatoms. The third kappa shape index (κ3) is 9.24. The Bertz CT molecular complexity index is 666. The van der Waals surface area contributed by atoms with Gasteiger partial charge in [0.15, 0.2) is 11.7 Å². The Kier molecular flexibility index (Phi) is 10.8. The van der Waals surface area contributed by atoms with Crippen molar-refractivity contribution in [3.63, 3.8) is 0 Å². The molecule has 1 fully saturated rings. The van der Waals surface area contributed by atoms with Gasteiger partial charge in [0.25, 0.3) is 5.91 Å². The average Bonchev–Trinajstić information content (AvgIpc) is 3.21. The van der Waals surface area contributed by atoms with Crippen molar-refractivity contribution in [3.05, 3.63) is 23.7 Å². The first kappa shape index (κ1) is 25.5. The quantitative estimate of drug-likeness (QED) is 0.208. The third-order valence-electron chi connectivity index (χ3n) is 4.32. The second-order valence-electron chi connectivity index (χ2n) is 6.78. The maximum absolute atomic E-state index is 12.5. The number of hydrogen-bond acceptors (Lipinski definition) is 4. The lowest BCUT2D eigenvalue weighted by Gasteiger charge is -2.19. The molecule has 1 aromatic rings. The third-order valence-corrected chi connectivity index (χ3v) is 4.32. The van der Waals surface area contributed by atoms with Gasteiger partial charge in [0, 0.05) is 44.3 Å². The molecule has 2 rings (SSSR count). The van der Waals surface area contributed by atoms with Gasteiger partial charge in [-0.15, -0.1) is 24.0 Å². The summed E-state index contributed by atoms with van der Waals surface area (Å²) >= 11 is 0. The number of carbonyl (C=O) groups excluding carboxylic acids is 1. The Labute approximate surface area is 185 Å². The summed E-state index contributed by atoms with van der Waals surface area (Å²) < 4.78 is 42.6. The molecular formula is C18H29F3IN5O2. The fourth-order valence-electron chi connectivity index (χ4n) is 3.02. The standard InChI is InChI=1S/C18H28F3N5O2.HI/c1-3-22-17(25-14-5-9-26(11-14)12-18(19,20)21)24-8-4-7-23-16(27)15-13(2)6-10-28-15;/h6,10,14H,3-5,7-9,11-12H2,1-2H3,(H,23,27)(H2,22,24,25);1H. The zero-order chi connectivity index (χ0) is 20.6. The Morgan fingerprint density at radius 2 is 2.14 bits per heavy atom. The maximum atomic E-state index is 12.5. The Morgan fingerprint density at radius 3 is 2.76 bits per heavy atom. The molecule has 1 saturated heterocycles. The monoisotopic (exact) mass is 531 g/mol. The molecule has 1 amide bonds. The highest BCUT2D eigenvalue weighted by Crippen LogP contribution is 2.19. The van der Waals surface area contributed by atoms with E-state index in [9.17, 15) is 18.0 Å². The molecule has 0 aromatic carbocycles. The highest BCUT2D eigenvalue weighted by atomic mass is 127. The number of likely N-dealkylation sites (tertiary alicyclic amines) is 1. The molecular weight excluding hydrogens is 502 g/mol. The molecule has 166 valence electrons. The van der Waals surface area contributed by atoms with Gasteiger partial charge in [-0.25, -0.2) is 0 Å². The first-order valence-electron chi connectivity index (χ1n) is 9.44. The normalized spacial score (nSPS) is 17.7. The first-order chi connectivity index (χ1) is 13.3. The lowest BCUT2D eigenvalue weighted by Crippen LogP contribution is -2.45. The number of alkyl halides is 3. The highest BCUT2D eigenvalue weighted by molar-refractivity contribution is 14.0. The summed E-state index contributed by atoms with van der Waals surface area (Å²) in [5.41, 5.74) is 0.783. The number of amides is 1. The van der Waals surface area contributed by atoms with Crippen molar-refractivity contribution < 1.29 is 22.4 Å². The van der Waals surface area contributed by atoms with Crippen LogP contribution in [0, 0.1) is 6.92 Å². The molecule has 1 aromatic heterocycles. The van der Waals surface area contributed by atoms with Crippen LogP contribution in [0.5, 0.6) is 0 Å². The van der Waals surface area contributed by atoms with Crippen LogP contribution in [-0.4, -0.2) is 68.3 Å². The van der Waals surface area contributed by atoms with E-state index in [0.29, 0.717) is 57.3 Å². The molecule has 0 aliphatic carbocycles. The topological polar surface area (TPSA) is 81.9 Å². The van der Waals surface area contributed by atoms with Crippen LogP contribution in [0.15, 0.2) is 21.7 Å². The molecule has 2 heterocycles. The van der Waals surface area contributed by atoms with Gasteiger partial charge < -0.3 is 20.4 Å². The van der Waals surface area contributed by atoms with Crippen LogP contribution in [-0.2, 0) is 0 Å². The fourth-order valence-corrected chi connectivity index (χ4v) is 3.02. The van der Waals surface area contributed by atoms with Gasteiger partial charge in [0.2, 0.25) is 0 Å². The van der Waals surface area contributed by atoms with Crippen molar-refractivity contribution >= 4 is 35.8 Å². The summed E-state index contributed by atoms with van der Waals surface area (Å²) in [4.78, 5) is 17.8. The van der Waals surface area contributed by atoms with E-state index in [1.165, 1.54) is 11.2 Å². The van der Waals surface area contributed by atoms with Crippen LogP contribution >= 0.6 is 24.0 Å². The number of carbonyl (C=O) groups is 1. The minimum atomic E-state index is -4.17. The van der Waals surface area contributed by atoms with Crippen LogP contribution in [0.25, 0.3) is 0 Å². The van der Waals surface area contributed by atoms with Crippen LogP contribution in [0.3, 0.4) is 0 Å². The molecule has 0 spiro atoms. The van der Waals surface area contributed by atoms with Crippen molar-refractivity contribution in [2.24, 2.45) is 4.99 Å². The van der Waals surface area contributed by atoms with Gasteiger partial charge in [0.1, 0.15) is 0 Å². The molecule has 0 saturated carbocycles.